The molecular weight excluding hydrogens is 210 g/mol. The van der Waals surface area contributed by atoms with Gasteiger partial charge in [-0.3, -0.25) is 4.79 Å². The summed E-state index contributed by atoms with van der Waals surface area (Å²) in [7, 11) is 0. The van der Waals surface area contributed by atoms with Gasteiger partial charge >= 0.3 is 0 Å². The lowest BCUT2D eigenvalue weighted by Gasteiger charge is -2.32. The molecule has 0 atom stereocenters. The van der Waals surface area contributed by atoms with Gasteiger partial charge in [-0.2, -0.15) is 0 Å². The predicted octanol–water partition coefficient (Wildman–Crippen LogP) is 4.00. The van der Waals surface area contributed by atoms with E-state index >= 15 is 0 Å². The lowest BCUT2D eigenvalue weighted by molar-refractivity contribution is -0.119. The van der Waals surface area contributed by atoms with Crippen molar-refractivity contribution in [2.24, 2.45) is 16.7 Å². The van der Waals surface area contributed by atoms with Crippen LogP contribution in [0, 0.1) is 16.7 Å². The maximum atomic E-state index is 10.9. The van der Waals surface area contributed by atoms with Crippen LogP contribution in [0.1, 0.15) is 67.7 Å². The highest BCUT2D eigenvalue weighted by Crippen LogP contribution is 2.35. The molecule has 0 bridgehead atoms. The SMILES string of the molecule is CC(=O)NCC(C)(C)CCC(C)(C)CC(C)C. The second-order valence-electron chi connectivity index (χ2n) is 7.34. The minimum absolute atomic E-state index is 0.0690. The van der Waals surface area contributed by atoms with E-state index in [1.807, 2.05) is 0 Å². The predicted molar refractivity (Wildman–Crippen MR) is 74.9 cm³/mol. The van der Waals surface area contributed by atoms with Crippen LogP contribution >= 0.6 is 0 Å². The smallest absolute Gasteiger partial charge is 0.216 e. The Kier molecular flexibility index (Phi) is 6.22. The van der Waals surface area contributed by atoms with Gasteiger partial charge in [0, 0.05) is 13.5 Å². The Morgan fingerprint density at radius 3 is 1.94 bits per heavy atom. The number of hydrogen-bond donors (Lipinski definition) is 1. The molecule has 0 heterocycles. The average molecular weight is 241 g/mol. The van der Waals surface area contributed by atoms with E-state index in [4.69, 9.17) is 0 Å². The first kappa shape index (κ1) is 16.5. The summed E-state index contributed by atoms with van der Waals surface area (Å²) in [6, 6.07) is 0. The van der Waals surface area contributed by atoms with Gasteiger partial charge in [-0.25, -0.2) is 0 Å². The van der Waals surface area contributed by atoms with E-state index in [-0.39, 0.29) is 11.3 Å². The van der Waals surface area contributed by atoms with E-state index in [2.05, 4.69) is 46.9 Å². The monoisotopic (exact) mass is 241 g/mol. The topological polar surface area (TPSA) is 29.1 Å². The molecule has 0 rings (SSSR count). The summed E-state index contributed by atoms with van der Waals surface area (Å²) in [5, 5.41) is 2.92. The molecule has 0 aliphatic heterocycles. The molecule has 1 N–H and O–H groups in total. The summed E-state index contributed by atoms with van der Waals surface area (Å²) in [6.45, 7) is 16.1. The molecule has 0 aromatic rings. The van der Waals surface area contributed by atoms with E-state index < -0.39 is 0 Å². The summed E-state index contributed by atoms with van der Waals surface area (Å²) < 4.78 is 0. The van der Waals surface area contributed by atoms with Crippen LogP contribution in [0.3, 0.4) is 0 Å². The third-order valence-electron chi connectivity index (χ3n) is 3.26. The van der Waals surface area contributed by atoms with Crippen LogP contribution in [0.2, 0.25) is 0 Å². The Balaban J connectivity index is 4.11. The average Bonchev–Trinajstić information content (AvgIpc) is 2.10. The first-order chi connectivity index (χ1) is 7.54. The van der Waals surface area contributed by atoms with Gasteiger partial charge in [-0.1, -0.05) is 41.5 Å². The van der Waals surface area contributed by atoms with Crippen LogP contribution in [-0.2, 0) is 4.79 Å². The molecule has 0 aliphatic rings. The second kappa shape index (κ2) is 6.42. The molecule has 0 aromatic carbocycles. The minimum atomic E-state index is 0.0690. The van der Waals surface area contributed by atoms with E-state index in [9.17, 15) is 4.79 Å². The van der Waals surface area contributed by atoms with Crippen LogP contribution in [-0.4, -0.2) is 12.5 Å². The maximum absolute atomic E-state index is 10.9. The van der Waals surface area contributed by atoms with Gasteiger partial charge in [0.1, 0.15) is 0 Å². The van der Waals surface area contributed by atoms with Crippen molar-refractivity contribution in [2.75, 3.05) is 6.54 Å². The molecule has 0 fully saturated rings. The lowest BCUT2D eigenvalue weighted by Crippen LogP contribution is -2.33. The van der Waals surface area contributed by atoms with Gasteiger partial charge < -0.3 is 5.32 Å². The number of nitrogens with one attached hydrogen (secondary N) is 1. The zero-order valence-electron chi connectivity index (χ0n) is 12.8. The number of amides is 1. The van der Waals surface area contributed by atoms with Crippen LogP contribution in [0.15, 0.2) is 0 Å². The van der Waals surface area contributed by atoms with Crippen LogP contribution in [0.5, 0.6) is 0 Å². The highest BCUT2D eigenvalue weighted by Gasteiger charge is 2.25. The van der Waals surface area contributed by atoms with Crippen molar-refractivity contribution in [3.8, 4) is 0 Å². The Morgan fingerprint density at radius 1 is 1.06 bits per heavy atom. The van der Waals surface area contributed by atoms with Gasteiger partial charge in [-0.05, 0) is 36.0 Å². The first-order valence-corrected chi connectivity index (χ1v) is 6.78. The van der Waals surface area contributed by atoms with Crippen molar-refractivity contribution in [1.82, 2.24) is 5.32 Å². The molecule has 1 amide bonds. The van der Waals surface area contributed by atoms with Crippen molar-refractivity contribution in [1.29, 1.82) is 0 Å². The number of carbonyl (C=O) groups is 1. The summed E-state index contributed by atoms with van der Waals surface area (Å²) >= 11 is 0. The van der Waals surface area contributed by atoms with Crippen molar-refractivity contribution in [3.05, 3.63) is 0 Å². The molecule has 0 aliphatic carbocycles. The quantitative estimate of drug-likeness (QED) is 0.717. The molecular formula is C15H31NO. The van der Waals surface area contributed by atoms with Crippen LogP contribution in [0.25, 0.3) is 0 Å². The van der Waals surface area contributed by atoms with Gasteiger partial charge in [0.2, 0.25) is 5.91 Å². The molecule has 0 radical (unpaired) electrons. The Bertz CT molecular complexity index is 241. The maximum Gasteiger partial charge on any atom is 0.216 e. The molecule has 17 heavy (non-hydrogen) atoms. The van der Waals surface area contributed by atoms with Crippen LogP contribution in [0.4, 0.5) is 0 Å². The van der Waals surface area contributed by atoms with Crippen molar-refractivity contribution in [3.63, 3.8) is 0 Å². The third-order valence-corrected chi connectivity index (χ3v) is 3.26. The summed E-state index contributed by atoms with van der Waals surface area (Å²) in [6.07, 6.45) is 3.65. The normalized spacial score (nSPS) is 12.9. The van der Waals surface area contributed by atoms with Gasteiger partial charge in [0.25, 0.3) is 0 Å². The van der Waals surface area contributed by atoms with Crippen LogP contribution < -0.4 is 5.32 Å². The second-order valence-corrected chi connectivity index (χ2v) is 7.34. The van der Waals surface area contributed by atoms with E-state index in [1.54, 1.807) is 6.92 Å². The fraction of sp³-hybridized carbons (Fsp3) is 0.933. The summed E-state index contributed by atoms with van der Waals surface area (Å²) in [4.78, 5) is 10.9. The first-order valence-electron chi connectivity index (χ1n) is 6.78. The minimum Gasteiger partial charge on any atom is -0.356 e. The van der Waals surface area contributed by atoms with E-state index in [1.165, 1.54) is 12.8 Å². The highest BCUT2D eigenvalue weighted by molar-refractivity contribution is 5.72. The zero-order chi connectivity index (χ0) is 13.7. The van der Waals surface area contributed by atoms with Crippen molar-refractivity contribution < 1.29 is 4.79 Å². The summed E-state index contributed by atoms with van der Waals surface area (Å²) in [5.74, 6) is 0.822. The molecule has 0 saturated carbocycles. The Labute approximate surface area is 108 Å². The van der Waals surface area contributed by atoms with Gasteiger partial charge in [0.05, 0.1) is 0 Å². The lowest BCUT2D eigenvalue weighted by atomic mass is 9.75. The number of carbonyl (C=O) groups excluding carboxylic acids is 1. The fourth-order valence-electron chi connectivity index (χ4n) is 2.34. The molecule has 0 aromatic heterocycles. The molecule has 2 heteroatoms. The van der Waals surface area contributed by atoms with E-state index in [0.29, 0.717) is 5.41 Å². The highest BCUT2D eigenvalue weighted by atomic mass is 16.1. The fourth-order valence-corrected chi connectivity index (χ4v) is 2.34. The van der Waals surface area contributed by atoms with Crippen molar-refractivity contribution in [2.45, 2.75) is 67.7 Å². The largest absolute Gasteiger partial charge is 0.356 e. The Hall–Kier alpha value is -0.530. The number of hydrogen-bond acceptors (Lipinski definition) is 1. The van der Waals surface area contributed by atoms with Gasteiger partial charge in [-0.15, -0.1) is 0 Å². The molecule has 0 unspecified atom stereocenters. The summed E-state index contributed by atoms with van der Waals surface area (Å²) in [5.41, 5.74) is 0.599. The molecule has 0 spiro atoms. The third kappa shape index (κ3) is 9.20. The standard InChI is InChI=1S/C15H31NO/c1-12(2)10-14(4,5)8-9-15(6,7)11-16-13(3)17/h12H,8-11H2,1-7H3,(H,16,17). The number of rotatable bonds is 7. The van der Waals surface area contributed by atoms with Crippen molar-refractivity contribution >= 4 is 5.91 Å². The molecule has 0 saturated heterocycles. The molecule has 2 nitrogen and oxygen atoms in total. The Morgan fingerprint density at radius 2 is 1.53 bits per heavy atom. The molecule has 102 valence electrons. The zero-order valence-corrected chi connectivity index (χ0v) is 12.8. The van der Waals surface area contributed by atoms with E-state index in [0.717, 1.165) is 18.9 Å². The van der Waals surface area contributed by atoms with Gasteiger partial charge in [0.15, 0.2) is 0 Å².